The van der Waals surface area contributed by atoms with Gasteiger partial charge in [0.05, 0.1) is 12.2 Å². The van der Waals surface area contributed by atoms with Gasteiger partial charge in [-0.1, -0.05) is 106 Å². The molecule has 0 spiro atoms. The van der Waals surface area contributed by atoms with Crippen molar-refractivity contribution in [2.45, 2.75) is 101 Å². The number of rotatable bonds is 16. The summed E-state index contributed by atoms with van der Waals surface area (Å²) in [6.07, 6.45) is 6.28. The van der Waals surface area contributed by atoms with Crippen LogP contribution in [0.4, 0.5) is 0 Å². The van der Waals surface area contributed by atoms with E-state index in [-0.39, 0.29) is 17.6 Å². The summed E-state index contributed by atoms with van der Waals surface area (Å²) in [6.45, 7) is 9.81. The Morgan fingerprint density at radius 3 is 1.95 bits per heavy atom. The fourth-order valence-electron chi connectivity index (χ4n) is 5.61. The lowest BCUT2D eigenvalue weighted by atomic mass is 9.92. The predicted molar refractivity (Wildman–Crippen MR) is 168 cm³/mol. The van der Waals surface area contributed by atoms with E-state index < -0.39 is 25.5 Å². The monoisotopic (exact) mass is 585 g/mol. The van der Waals surface area contributed by atoms with E-state index in [2.05, 4.69) is 62.0 Å². The van der Waals surface area contributed by atoms with Crippen LogP contribution in [0.2, 0.25) is 5.04 Å². The summed E-state index contributed by atoms with van der Waals surface area (Å²) >= 11 is 1.54. The second-order valence-electron chi connectivity index (χ2n) is 11.2. The van der Waals surface area contributed by atoms with Crippen LogP contribution in [0, 0.1) is 0 Å². The van der Waals surface area contributed by atoms with Crippen LogP contribution >= 0.6 is 11.8 Å². The molecule has 220 valence electrons. The van der Waals surface area contributed by atoms with Crippen LogP contribution in [0.25, 0.3) is 10.4 Å². The van der Waals surface area contributed by atoms with Crippen molar-refractivity contribution < 1.29 is 19.0 Å². The van der Waals surface area contributed by atoms with Gasteiger partial charge in [0.25, 0.3) is 8.32 Å². The summed E-state index contributed by atoms with van der Waals surface area (Å²) in [5.41, 5.74) is 9.05. The van der Waals surface area contributed by atoms with Crippen LogP contribution < -0.4 is 10.4 Å². The van der Waals surface area contributed by atoms with Gasteiger partial charge in [-0.2, -0.15) is 0 Å². The first-order valence-corrected chi connectivity index (χ1v) is 17.9. The molecule has 3 rings (SSSR count). The van der Waals surface area contributed by atoms with Gasteiger partial charge in [0.15, 0.2) is 0 Å². The van der Waals surface area contributed by atoms with E-state index in [1.165, 1.54) is 0 Å². The number of ether oxygens (including phenoxy) is 3. The molecule has 0 radical (unpaired) electrons. The third kappa shape index (κ3) is 7.71. The largest absolute Gasteiger partial charge is 0.424 e. The second-order valence-corrected chi connectivity index (χ2v) is 16.1. The molecule has 1 fully saturated rings. The van der Waals surface area contributed by atoms with Gasteiger partial charge in [-0.3, -0.25) is 0 Å². The summed E-state index contributed by atoms with van der Waals surface area (Å²) in [4.78, 5) is 15.8. The van der Waals surface area contributed by atoms with Gasteiger partial charge in [0.2, 0.25) is 0 Å². The highest BCUT2D eigenvalue weighted by atomic mass is 32.2. The molecule has 2 aromatic carbocycles. The van der Waals surface area contributed by atoms with Crippen LogP contribution in [0.3, 0.4) is 0 Å². The van der Waals surface area contributed by atoms with Gasteiger partial charge in [-0.25, -0.2) is 0 Å². The van der Waals surface area contributed by atoms with Gasteiger partial charge < -0.3 is 19.0 Å². The van der Waals surface area contributed by atoms with Crippen molar-refractivity contribution in [1.82, 2.24) is 0 Å². The number of thioether (sulfide) groups is 1. The Bertz CT molecular complexity index is 1020. The lowest BCUT2D eigenvalue weighted by molar-refractivity contribution is -0.194. The normalized spacial score (nSPS) is 23.5. The van der Waals surface area contributed by atoms with Crippen LogP contribution in [-0.2, 0) is 14.2 Å². The smallest absolute Gasteiger partial charge is 0.258 e. The summed E-state index contributed by atoms with van der Waals surface area (Å²) in [5.74, 6) is 0. The van der Waals surface area contributed by atoms with Crippen LogP contribution in [-0.4, -0.2) is 62.4 Å². The molecule has 7 nitrogen and oxygen atoms in total. The van der Waals surface area contributed by atoms with E-state index in [4.69, 9.17) is 14.2 Å². The number of benzene rings is 2. The standard InChI is InChI=1S/C31H47N3O4SSi/c1-6-8-22-36-28-26(38-30(39-5)27(33-34-32)29(28)37-23-9-7-2)20-21-31(3,4)40(35,24-16-12-10-13-17-24)25-18-14-11-15-19-25/h10-19,26-30,35H,6-9,20-23H2,1-5H3/t26?,27-,28+,29?,30-/m0/s1. The lowest BCUT2D eigenvalue weighted by Gasteiger charge is -2.46. The average Bonchev–Trinajstić information content (AvgIpc) is 2.98. The van der Waals surface area contributed by atoms with Gasteiger partial charge in [-0.05, 0) is 52.9 Å². The third-order valence-corrected chi connectivity index (χ3v) is 13.5. The average molecular weight is 586 g/mol. The number of hydrogen-bond acceptors (Lipinski definition) is 6. The number of azide groups is 1. The van der Waals surface area contributed by atoms with E-state index in [9.17, 15) is 10.3 Å². The Balaban J connectivity index is 1.94. The van der Waals surface area contributed by atoms with Crippen molar-refractivity contribution in [3.05, 3.63) is 71.1 Å². The molecular formula is C31H47N3O4SSi. The Morgan fingerprint density at radius 2 is 1.48 bits per heavy atom. The number of hydrogen-bond donors (Lipinski definition) is 1. The SMILES string of the molecule is CCCCOC1[C@H](OCCCC)C(CCC(C)(C)[Si](O)(c2ccccc2)c2ccccc2)O[C@@H](SC)[C@H]1N=[N+]=[N-]. The molecule has 0 amide bonds. The summed E-state index contributed by atoms with van der Waals surface area (Å²) < 4.78 is 19.5. The van der Waals surface area contributed by atoms with E-state index in [1.807, 2.05) is 42.7 Å². The third-order valence-electron chi connectivity index (χ3n) is 8.06. The molecular weight excluding hydrogens is 539 g/mol. The lowest BCUT2D eigenvalue weighted by Crippen LogP contribution is -2.65. The molecule has 1 heterocycles. The van der Waals surface area contributed by atoms with E-state index in [0.29, 0.717) is 19.6 Å². The molecule has 40 heavy (non-hydrogen) atoms. The van der Waals surface area contributed by atoms with Crippen molar-refractivity contribution in [2.24, 2.45) is 5.11 Å². The Hall–Kier alpha value is -1.84. The van der Waals surface area contributed by atoms with Crippen molar-refractivity contribution in [2.75, 3.05) is 19.5 Å². The molecule has 1 aliphatic heterocycles. The minimum Gasteiger partial charge on any atom is -0.424 e. The maximum Gasteiger partial charge on any atom is 0.258 e. The zero-order valence-corrected chi connectivity index (χ0v) is 26.6. The highest BCUT2D eigenvalue weighted by Gasteiger charge is 2.52. The molecule has 0 aromatic heterocycles. The molecule has 9 heteroatoms. The Morgan fingerprint density at radius 1 is 0.950 bits per heavy atom. The highest BCUT2D eigenvalue weighted by Crippen LogP contribution is 2.43. The fourth-order valence-corrected chi connectivity index (χ4v) is 10.1. The van der Waals surface area contributed by atoms with E-state index >= 15 is 0 Å². The topological polar surface area (TPSA) is 96.7 Å². The summed E-state index contributed by atoms with van der Waals surface area (Å²) in [6, 6.07) is 19.8. The van der Waals surface area contributed by atoms with Crippen LogP contribution in [0.1, 0.15) is 66.2 Å². The van der Waals surface area contributed by atoms with Crippen molar-refractivity contribution in [1.29, 1.82) is 0 Å². The summed E-state index contributed by atoms with van der Waals surface area (Å²) in [5, 5.41) is 5.71. The van der Waals surface area contributed by atoms with Crippen molar-refractivity contribution >= 4 is 30.5 Å². The Labute approximate surface area is 245 Å². The summed E-state index contributed by atoms with van der Waals surface area (Å²) in [7, 11) is -3.16. The van der Waals surface area contributed by atoms with Crippen molar-refractivity contribution in [3.8, 4) is 0 Å². The molecule has 2 aromatic rings. The molecule has 1 aliphatic rings. The number of nitrogens with zero attached hydrogens (tertiary/aromatic N) is 3. The first-order chi connectivity index (χ1) is 19.3. The fraction of sp³-hybridized carbons (Fsp3) is 0.613. The molecule has 5 atom stereocenters. The van der Waals surface area contributed by atoms with Crippen LogP contribution in [0.15, 0.2) is 65.8 Å². The highest BCUT2D eigenvalue weighted by molar-refractivity contribution is 7.99. The minimum absolute atomic E-state index is 0.254. The van der Waals surface area contributed by atoms with Gasteiger partial charge in [0, 0.05) is 18.1 Å². The van der Waals surface area contributed by atoms with Gasteiger partial charge >= 0.3 is 0 Å². The van der Waals surface area contributed by atoms with Gasteiger partial charge in [-0.15, -0.1) is 11.8 Å². The quantitative estimate of drug-likeness (QED) is 0.0804. The minimum atomic E-state index is -3.16. The number of unbranched alkanes of at least 4 members (excludes halogenated alkanes) is 2. The Kier molecular flexibility index (Phi) is 13.0. The first-order valence-electron chi connectivity index (χ1n) is 14.6. The van der Waals surface area contributed by atoms with Gasteiger partial charge in [0.1, 0.15) is 17.6 Å². The molecule has 0 bridgehead atoms. The van der Waals surface area contributed by atoms with E-state index in [1.54, 1.807) is 11.8 Å². The van der Waals surface area contributed by atoms with Crippen molar-refractivity contribution in [3.63, 3.8) is 0 Å². The molecule has 1 saturated heterocycles. The molecule has 0 aliphatic carbocycles. The second kappa shape index (κ2) is 16.0. The first kappa shape index (κ1) is 32.7. The molecule has 1 N–H and O–H groups in total. The maximum atomic E-state index is 12.6. The maximum absolute atomic E-state index is 12.6. The molecule has 0 saturated carbocycles. The van der Waals surface area contributed by atoms with E-state index in [0.717, 1.165) is 42.5 Å². The van der Waals surface area contributed by atoms with Crippen LogP contribution in [0.5, 0.6) is 0 Å². The zero-order chi connectivity index (χ0) is 29.0. The zero-order valence-electron chi connectivity index (χ0n) is 24.7. The predicted octanol–water partition coefficient (Wildman–Crippen LogP) is 6.44. The molecule has 2 unspecified atom stereocenters.